The molecule has 1 N–H and O–H groups in total. The van der Waals surface area contributed by atoms with Crippen molar-refractivity contribution in [2.45, 2.75) is 63.2 Å². The van der Waals surface area contributed by atoms with Gasteiger partial charge in [0.1, 0.15) is 0 Å². The lowest BCUT2D eigenvalue weighted by Crippen LogP contribution is -2.50. The molecule has 2 aliphatic rings. The zero-order valence-electron chi connectivity index (χ0n) is 14.5. The zero-order valence-corrected chi connectivity index (χ0v) is 15.3. The number of nitrogens with one attached hydrogen (secondary N) is 1. The van der Waals surface area contributed by atoms with E-state index in [2.05, 4.69) is 32.0 Å². The monoisotopic (exact) mass is 355 g/mol. The molecule has 5 heteroatoms. The minimum Gasteiger partial charge on any atom is -0.333 e. The van der Waals surface area contributed by atoms with Gasteiger partial charge in [-0.1, -0.05) is 0 Å². The Morgan fingerprint density at radius 3 is 2.68 bits per heavy atom. The number of thiophene rings is 1. The van der Waals surface area contributed by atoms with Crippen LogP contribution in [0.15, 0.2) is 41.4 Å². The van der Waals surface area contributed by atoms with Crippen molar-refractivity contribution in [1.82, 2.24) is 15.2 Å². The third-order valence-electron chi connectivity index (χ3n) is 5.86. The molecule has 0 aromatic carbocycles. The zero-order chi connectivity index (χ0) is 17.1. The van der Waals surface area contributed by atoms with Gasteiger partial charge in [0.05, 0.1) is 0 Å². The van der Waals surface area contributed by atoms with Crippen molar-refractivity contribution < 1.29 is 4.79 Å². The van der Waals surface area contributed by atoms with Crippen LogP contribution < -0.4 is 5.32 Å². The number of rotatable bonds is 5. The van der Waals surface area contributed by atoms with Crippen LogP contribution in [0.3, 0.4) is 0 Å². The van der Waals surface area contributed by atoms with E-state index < -0.39 is 0 Å². The van der Waals surface area contributed by atoms with Crippen molar-refractivity contribution in [2.24, 2.45) is 0 Å². The Kier molecular flexibility index (Phi) is 4.86. The van der Waals surface area contributed by atoms with Gasteiger partial charge in [-0.15, -0.1) is 0 Å². The molecular formula is C20H25N3OS. The second-order valence-corrected chi connectivity index (χ2v) is 8.13. The SMILES string of the molecule is O=C1CCC2(CCC(NCc3ccsc3)CC2)N1Cc1ccncc1. The molecule has 2 aromatic rings. The van der Waals surface area contributed by atoms with E-state index >= 15 is 0 Å². The molecule has 1 spiro atoms. The van der Waals surface area contributed by atoms with Crippen molar-refractivity contribution in [3.05, 3.63) is 52.5 Å². The molecule has 2 fully saturated rings. The fourth-order valence-corrected chi connectivity index (χ4v) is 5.00. The minimum atomic E-state index is 0.0842. The summed E-state index contributed by atoms with van der Waals surface area (Å²) in [6.07, 6.45) is 9.90. The summed E-state index contributed by atoms with van der Waals surface area (Å²) in [4.78, 5) is 18.8. The molecule has 0 radical (unpaired) electrons. The number of carbonyl (C=O) groups excluding carboxylic acids is 1. The lowest BCUT2D eigenvalue weighted by Gasteiger charge is -2.44. The first-order chi connectivity index (χ1) is 12.3. The number of amides is 1. The average Bonchev–Trinajstić information content (AvgIpc) is 3.27. The molecule has 0 bridgehead atoms. The van der Waals surface area contributed by atoms with Crippen LogP contribution in [0.5, 0.6) is 0 Å². The van der Waals surface area contributed by atoms with Gasteiger partial charge in [0.2, 0.25) is 5.91 Å². The van der Waals surface area contributed by atoms with Gasteiger partial charge < -0.3 is 10.2 Å². The van der Waals surface area contributed by atoms with Crippen molar-refractivity contribution >= 4 is 17.2 Å². The lowest BCUT2D eigenvalue weighted by atomic mass is 9.77. The maximum Gasteiger partial charge on any atom is 0.223 e. The normalized spacial score (nSPS) is 26.5. The van der Waals surface area contributed by atoms with Gasteiger partial charge in [0.15, 0.2) is 0 Å². The predicted octanol–water partition coefficient (Wildman–Crippen LogP) is 3.74. The van der Waals surface area contributed by atoms with Crippen molar-refractivity contribution in [2.75, 3.05) is 0 Å². The first-order valence-corrected chi connectivity index (χ1v) is 10.1. The molecule has 1 aliphatic heterocycles. The number of pyridine rings is 1. The Morgan fingerprint density at radius 1 is 1.16 bits per heavy atom. The predicted molar refractivity (Wildman–Crippen MR) is 100 cm³/mol. The molecule has 25 heavy (non-hydrogen) atoms. The Bertz CT molecular complexity index is 693. The van der Waals surface area contributed by atoms with Crippen molar-refractivity contribution in [3.8, 4) is 0 Å². The highest BCUT2D eigenvalue weighted by Crippen LogP contribution is 2.43. The average molecular weight is 356 g/mol. The van der Waals surface area contributed by atoms with Crippen molar-refractivity contribution in [1.29, 1.82) is 0 Å². The van der Waals surface area contributed by atoms with Gasteiger partial charge >= 0.3 is 0 Å². The number of carbonyl (C=O) groups is 1. The Hall–Kier alpha value is -1.72. The summed E-state index contributed by atoms with van der Waals surface area (Å²) in [6.45, 7) is 1.69. The van der Waals surface area contributed by atoms with E-state index in [9.17, 15) is 4.79 Å². The second-order valence-electron chi connectivity index (χ2n) is 7.35. The van der Waals surface area contributed by atoms with Crippen LogP contribution in [0.2, 0.25) is 0 Å². The van der Waals surface area contributed by atoms with E-state index in [1.807, 2.05) is 24.5 Å². The second kappa shape index (κ2) is 7.26. The first kappa shape index (κ1) is 16.7. The highest BCUT2D eigenvalue weighted by molar-refractivity contribution is 7.07. The van der Waals surface area contributed by atoms with Crippen molar-refractivity contribution in [3.63, 3.8) is 0 Å². The number of likely N-dealkylation sites (tertiary alicyclic amines) is 1. The molecule has 4 nitrogen and oxygen atoms in total. The Morgan fingerprint density at radius 2 is 1.96 bits per heavy atom. The van der Waals surface area contributed by atoms with Crippen LogP contribution in [0, 0.1) is 0 Å². The van der Waals surface area contributed by atoms with Gasteiger partial charge in [0.25, 0.3) is 0 Å². The fourth-order valence-electron chi connectivity index (χ4n) is 4.34. The summed E-state index contributed by atoms with van der Waals surface area (Å²) in [5, 5.41) is 8.05. The number of hydrogen-bond donors (Lipinski definition) is 1. The maximum atomic E-state index is 12.5. The topological polar surface area (TPSA) is 45.2 Å². The molecule has 1 saturated heterocycles. The summed E-state index contributed by atoms with van der Waals surface area (Å²) in [5.74, 6) is 0.321. The third kappa shape index (κ3) is 3.62. The minimum absolute atomic E-state index is 0.0842. The van der Waals surface area contributed by atoms with E-state index in [4.69, 9.17) is 0 Å². The van der Waals surface area contributed by atoms with Crippen LogP contribution in [-0.2, 0) is 17.9 Å². The van der Waals surface area contributed by atoms with Crippen LogP contribution in [-0.4, -0.2) is 27.4 Å². The van der Waals surface area contributed by atoms with E-state index in [0.717, 1.165) is 45.2 Å². The van der Waals surface area contributed by atoms with Gasteiger partial charge in [-0.3, -0.25) is 9.78 Å². The first-order valence-electron chi connectivity index (χ1n) is 9.19. The van der Waals surface area contributed by atoms with E-state index in [-0.39, 0.29) is 5.54 Å². The summed E-state index contributed by atoms with van der Waals surface area (Å²) in [7, 11) is 0. The summed E-state index contributed by atoms with van der Waals surface area (Å²) in [6, 6.07) is 6.80. The highest BCUT2D eigenvalue weighted by atomic mass is 32.1. The molecule has 1 aliphatic carbocycles. The van der Waals surface area contributed by atoms with E-state index in [1.165, 1.54) is 11.1 Å². The summed E-state index contributed by atoms with van der Waals surface area (Å²) in [5.41, 5.74) is 2.64. The van der Waals surface area contributed by atoms with Gasteiger partial charge in [-0.05, 0) is 72.2 Å². The van der Waals surface area contributed by atoms with Gasteiger partial charge in [-0.2, -0.15) is 11.3 Å². The maximum absolute atomic E-state index is 12.5. The van der Waals surface area contributed by atoms with E-state index in [0.29, 0.717) is 18.4 Å². The molecule has 0 atom stereocenters. The standard InChI is InChI=1S/C20H25N3OS/c24-19-3-9-20(23(19)14-16-4-10-21-11-5-16)7-1-18(2-8-20)22-13-17-6-12-25-15-17/h4-6,10-12,15,18,22H,1-3,7-9,13-14H2. The highest BCUT2D eigenvalue weighted by Gasteiger charge is 2.46. The molecule has 2 aromatic heterocycles. The van der Waals surface area contributed by atoms with Crippen LogP contribution >= 0.6 is 11.3 Å². The summed E-state index contributed by atoms with van der Waals surface area (Å²) < 4.78 is 0. The smallest absolute Gasteiger partial charge is 0.223 e. The lowest BCUT2D eigenvalue weighted by molar-refractivity contribution is -0.133. The summed E-state index contributed by atoms with van der Waals surface area (Å²) >= 11 is 1.75. The number of hydrogen-bond acceptors (Lipinski definition) is 4. The number of aromatic nitrogens is 1. The third-order valence-corrected chi connectivity index (χ3v) is 6.59. The Balaban J connectivity index is 1.37. The molecule has 1 saturated carbocycles. The van der Waals surface area contributed by atoms with Crippen LogP contribution in [0.4, 0.5) is 0 Å². The molecule has 3 heterocycles. The van der Waals surface area contributed by atoms with Gasteiger partial charge in [-0.25, -0.2) is 0 Å². The molecule has 1 amide bonds. The molecule has 4 rings (SSSR count). The molecule has 132 valence electrons. The van der Waals surface area contributed by atoms with Crippen LogP contribution in [0.1, 0.15) is 49.7 Å². The quantitative estimate of drug-likeness (QED) is 0.889. The molecular weight excluding hydrogens is 330 g/mol. The fraction of sp³-hybridized carbons (Fsp3) is 0.500. The van der Waals surface area contributed by atoms with Crippen LogP contribution in [0.25, 0.3) is 0 Å². The largest absolute Gasteiger partial charge is 0.333 e. The molecule has 0 unspecified atom stereocenters. The van der Waals surface area contributed by atoms with Gasteiger partial charge in [0, 0.05) is 43.5 Å². The van der Waals surface area contributed by atoms with E-state index in [1.54, 1.807) is 11.3 Å². The number of nitrogens with zero attached hydrogens (tertiary/aromatic N) is 2. The Labute approximate surface area is 153 Å².